The average Bonchev–Trinajstić information content (AvgIpc) is 2.99. The van der Waals surface area contributed by atoms with E-state index in [2.05, 4.69) is 21.2 Å². The van der Waals surface area contributed by atoms with Gasteiger partial charge in [0.15, 0.2) is 0 Å². The summed E-state index contributed by atoms with van der Waals surface area (Å²) in [5, 5.41) is 23.3. The molecule has 0 saturated carbocycles. The van der Waals surface area contributed by atoms with E-state index in [1.807, 2.05) is 36.6 Å². The van der Waals surface area contributed by atoms with Crippen molar-refractivity contribution in [2.24, 2.45) is 0 Å². The smallest absolute Gasteiger partial charge is 0.271 e. The minimum absolute atomic E-state index is 0.0109. The number of aryl methyl sites for hydroxylation is 1. The molecule has 3 aromatic rings. The molecule has 0 unspecified atom stereocenters. The van der Waals surface area contributed by atoms with Crippen LogP contribution in [-0.4, -0.2) is 15.4 Å². The number of carbonyl (C=O) groups excluding carboxylic acids is 1. The van der Waals surface area contributed by atoms with Gasteiger partial charge >= 0.3 is 0 Å². The van der Waals surface area contributed by atoms with E-state index < -0.39 is 10.8 Å². The first-order chi connectivity index (χ1) is 14.3. The molecule has 1 heterocycles. The number of nitriles is 1. The fourth-order valence-corrected chi connectivity index (χ4v) is 3.54. The van der Waals surface area contributed by atoms with E-state index in [1.165, 1.54) is 18.2 Å². The number of rotatable bonds is 5. The van der Waals surface area contributed by atoms with Crippen LogP contribution >= 0.6 is 15.9 Å². The van der Waals surface area contributed by atoms with Crippen molar-refractivity contribution in [1.29, 1.82) is 5.26 Å². The van der Waals surface area contributed by atoms with Crippen molar-refractivity contribution >= 4 is 39.3 Å². The zero-order valence-corrected chi connectivity index (χ0v) is 17.8. The molecule has 150 valence electrons. The molecule has 1 aromatic heterocycles. The average molecular weight is 465 g/mol. The van der Waals surface area contributed by atoms with Crippen LogP contribution in [0.5, 0.6) is 0 Å². The molecule has 30 heavy (non-hydrogen) atoms. The zero-order valence-electron chi connectivity index (χ0n) is 16.2. The van der Waals surface area contributed by atoms with Crippen LogP contribution in [0.1, 0.15) is 17.0 Å². The van der Waals surface area contributed by atoms with Gasteiger partial charge in [0, 0.05) is 33.7 Å². The van der Waals surface area contributed by atoms with Gasteiger partial charge < -0.3 is 9.88 Å². The number of amides is 1. The van der Waals surface area contributed by atoms with Crippen LogP contribution in [-0.2, 0) is 4.79 Å². The topological polar surface area (TPSA) is 101 Å². The van der Waals surface area contributed by atoms with Gasteiger partial charge in [0.05, 0.1) is 10.6 Å². The van der Waals surface area contributed by atoms with Crippen LogP contribution < -0.4 is 5.32 Å². The van der Waals surface area contributed by atoms with Gasteiger partial charge in [-0.1, -0.05) is 28.1 Å². The van der Waals surface area contributed by atoms with Crippen LogP contribution in [0.15, 0.2) is 64.6 Å². The number of non-ortho nitro benzene ring substituents is 1. The second-order valence-corrected chi connectivity index (χ2v) is 7.49. The number of hydrogen-bond acceptors (Lipinski definition) is 4. The number of carbonyl (C=O) groups is 1. The summed E-state index contributed by atoms with van der Waals surface area (Å²) in [6, 6.07) is 17.2. The lowest BCUT2D eigenvalue weighted by Crippen LogP contribution is -2.13. The van der Waals surface area contributed by atoms with E-state index >= 15 is 0 Å². The number of nitro benzene ring substituents is 1. The van der Waals surface area contributed by atoms with Gasteiger partial charge in [-0.15, -0.1) is 0 Å². The second kappa shape index (κ2) is 8.76. The highest BCUT2D eigenvalue weighted by atomic mass is 79.9. The normalized spacial score (nSPS) is 11.1. The SMILES string of the molecule is Cc1cc(/C=C(/C#N)C(=O)Nc2cccc(Br)c2)c(C)n1-c1cccc([N+](=O)[O-])c1. The molecular formula is C22H17BrN4O3. The third-order valence-electron chi connectivity index (χ3n) is 4.52. The largest absolute Gasteiger partial charge is 0.321 e. The van der Waals surface area contributed by atoms with Gasteiger partial charge in [0.1, 0.15) is 11.6 Å². The summed E-state index contributed by atoms with van der Waals surface area (Å²) in [4.78, 5) is 23.2. The quantitative estimate of drug-likeness (QED) is 0.239. The van der Waals surface area contributed by atoms with Gasteiger partial charge in [-0.25, -0.2) is 0 Å². The molecular weight excluding hydrogens is 448 g/mol. The molecule has 8 heteroatoms. The van der Waals surface area contributed by atoms with E-state index in [-0.39, 0.29) is 11.3 Å². The molecule has 0 atom stereocenters. The lowest BCUT2D eigenvalue weighted by atomic mass is 10.1. The zero-order chi connectivity index (χ0) is 21.8. The third kappa shape index (κ3) is 4.47. The molecule has 0 fully saturated rings. The first-order valence-corrected chi connectivity index (χ1v) is 9.72. The van der Waals surface area contributed by atoms with E-state index in [9.17, 15) is 20.2 Å². The molecule has 7 nitrogen and oxygen atoms in total. The third-order valence-corrected chi connectivity index (χ3v) is 5.01. The van der Waals surface area contributed by atoms with Gasteiger partial charge in [0.2, 0.25) is 0 Å². The fourth-order valence-electron chi connectivity index (χ4n) is 3.15. The first-order valence-electron chi connectivity index (χ1n) is 8.92. The molecule has 0 radical (unpaired) electrons. The fraction of sp³-hybridized carbons (Fsp3) is 0.0909. The summed E-state index contributed by atoms with van der Waals surface area (Å²) in [5.41, 5.74) is 3.41. The van der Waals surface area contributed by atoms with Gasteiger partial charge in [0.25, 0.3) is 11.6 Å². The number of anilines is 1. The predicted molar refractivity (Wildman–Crippen MR) is 118 cm³/mol. The van der Waals surface area contributed by atoms with E-state index in [4.69, 9.17) is 0 Å². The minimum atomic E-state index is -0.518. The Morgan fingerprint density at radius 2 is 1.93 bits per heavy atom. The van der Waals surface area contributed by atoms with Crippen molar-refractivity contribution in [3.8, 4) is 11.8 Å². The highest BCUT2D eigenvalue weighted by molar-refractivity contribution is 9.10. The number of hydrogen-bond donors (Lipinski definition) is 1. The number of aromatic nitrogens is 1. The Bertz CT molecular complexity index is 1220. The summed E-state index contributed by atoms with van der Waals surface area (Å²) >= 11 is 3.34. The van der Waals surface area contributed by atoms with Gasteiger partial charge in [-0.05, 0) is 55.8 Å². The molecule has 1 N–H and O–H groups in total. The van der Waals surface area contributed by atoms with Crippen LogP contribution in [0.2, 0.25) is 0 Å². The maximum absolute atomic E-state index is 12.6. The van der Waals surface area contributed by atoms with Crippen molar-refractivity contribution in [3.63, 3.8) is 0 Å². The summed E-state index contributed by atoms with van der Waals surface area (Å²) in [7, 11) is 0. The second-order valence-electron chi connectivity index (χ2n) is 6.57. The molecule has 0 aliphatic carbocycles. The van der Waals surface area contributed by atoms with Crippen LogP contribution in [0.25, 0.3) is 11.8 Å². The Labute approximate surface area is 181 Å². The Hall–Kier alpha value is -3.70. The van der Waals surface area contributed by atoms with E-state index in [0.717, 1.165) is 15.9 Å². The predicted octanol–water partition coefficient (Wildman–Crippen LogP) is 5.31. The Kier molecular flexibility index (Phi) is 6.14. The van der Waals surface area contributed by atoms with E-state index in [0.29, 0.717) is 16.9 Å². The molecule has 0 aliphatic heterocycles. The van der Waals surface area contributed by atoms with E-state index in [1.54, 1.807) is 30.3 Å². The molecule has 2 aromatic carbocycles. The highest BCUT2D eigenvalue weighted by Gasteiger charge is 2.15. The Morgan fingerprint density at radius 3 is 2.60 bits per heavy atom. The molecule has 0 saturated heterocycles. The highest BCUT2D eigenvalue weighted by Crippen LogP contribution is 2.25. The Morgan fingerprint density at radius 1 is 1.20 bits per heavy atom. The lowest BCUT2D eigenvalue weighted by Gasteiger charge is -2.09. The first kappa shape index (κ1) is 21.0. The molecule has 0 bridgehead atoms. The maximum Gasteiger partial charge on any atom is 0.271 e. The van der Waals surface area contributed by atoms with Gasteiger partial charge in [-0.2, -0.15) is 5.26 Å². The summed E-state index contributed by atoms with van der Waals surface area (Å²) in [6.07, 6.45) is 1.52. The van der Waals surface area contributed by atoms with Crippen LogP contribution in [0.3, 0.4) is 0 Å². The molecule has 1 amide bonds. The van der Waals surface area contributed by atoms with Crippen molar-refractivity contribution < 1.29 is 9.72 Å². The number of halogens is 1. The van der Waals surface area contributed by atoms with Crippen LogP contribution in [0, 0.1) is 35.3 Å². The van der Waals surface area contributed by atoms with Crippen molar-refractivity contribution in [2.75, 3.05) is 5.32 Å². The summed E-state index contributed by atoms with van der Waals surface area (Å²) in [6.45, 7) is 3.69. The number of nitrogens with zero attached hydrogens (tertiary/aromatic N) is 3. The molecule has 3 rings (SSSR count). The number of nitrogens with one attached hydrogen (secondary N) is 1. The number of nitro groups is 1. The van der Waals surface area contributed by atoms with Crippen LogP contribution in [0.4, 0.5) is 11.4 Å². The van der Waals surface area contributed by atoms with Gasteiger partial charge in [-0.3, -0.25) is 14.9 Å². The monoisotopic (exact) mass is 464 g/mol. The van der Waals surface area contributed by atoms with Crippen molar-refractivity contribution in [1.82, 2.24) is 4.57 Å². The maximum atomic E-state index is 12.6. The lowest BCUT2D eigenvalue weighted by molar-refractivity contribution is -0.384. The summed E-state index contributed by atoms with van der Waals surface area (Å²) in [5.74, 6) is -0.518. The summed E-state index contributed by atoms with van der Waals surface area (Å²) < 4.78 is 2.66. The standard InChI is InChI=1S/C22H17BrN4O3/c1-14-9-16(15(2)26(14)20-7-4-8-21(12-20)27(29)30)10-17(13-24)22(28)25-19-6-3-5-18(23)11-19/h3-12H,1-2H3,(H,25,28)/b17-10-. The molecule has 0 spiro atoms. The minimum Gasteiger partial charge on any atom is -0.321 e. The number of benzene rings is 2. The van der Waals surface area contributed by atoms with Crippen molar-refractivity contribution in [3.05, 3.63) is 91.7 Å². The Balaban J connectivity index is 1.96. The van der Waals surface area contributed by atoms with Crippen molar-refractivity contribution in [2.45, 2.75) is 13.8 Å². The molecule has 0 aliphatic rings.